The summed E-state index contributed by atoms with van der Waals surface area (Å²) in [5, 5.41) is 3.14. The molecule has 0 aromatic carbocycles. The van der Waals surface area contributed by atoms with Crippen LogP contribution in [0.1, 0.15) is 31.4 Å². The van der Waals surface area contributed by atoms with Gasteiger partial charge in [0, 0.05) is 18.7 Å². The molecular formula is C9H16N4. The fourth-order valence-corrected chi connectivity index (χ4v) is 1.10. The highest BCUT2D eigenvalue weighted by Crippen LogP contribution is 2.11. The average molecular weight is 180 g/mol. The van der Waals surface area contributed by atoms with Crippen molar-refractivity contribution in [3.05, 3.63) is 17.6 Å². The summed E-state index contributed by atoms with van der Waals surface area (Å²) in [6, 6.07) is 1.85. The average Bonchev–Trinajstić information content (AvgIpc) is 2.03. The van der Waals surface area contributed by atoms with Crippen LogP contribution in [0, 0.1) is 6.92 Å². The number of aryl methyl sites for hydroxylation is 1. The fraction of sp³-hybridized carbons (Fsp3) is 0.556. The largest absolute Gasteiger partial charge is 0.370 e. The number of hydrogen-bond donors (Lipinski definition) is 2. The zero-order valence-corrected chi connectivity index (χ0v) is 8.33. The number of hydrogen-bond acceptors (Lipinski definition) is 4. The second-order valence-corrected chi connectivity index (χ2v) is 3.04. The number of nitrogens with two attached hydrogens (primary N) is 1. The minimum Gasteiger partial charge on any atom is -0.370 e. The van der Waals surface area contributed by atoms with Crippen molar-refractivity contribution in [2.24, 2.45) is 5.73 Å². The lowest BCUT2D eigenvalue weighted by Gasteiger charge is -2.08. The van der Waals surface area contributed by atoms with Crippen LogP contribution in [-0.2, 0) is 0 Å². The van der Waals surface area contributed by atoms with E-state index < -0.39 is 0 Å². The van der Waals surface area contributed by atoms with Crippen LogP contribution in [0.5, 0.6) is 0 Å². The predicted octanol–water partition coefficient (Wildman–Crippen LogP) is 1.24. The van der Waals surface area contributed by atoms with E-state index in [4.69, 9.17) is 5.73 Å². The molecular weight excluding hydrogens is 164 g/mol. The molecule has 0 aliphatic rings. The summed E-state index contributed by atoms with van der Waals surface area (Å²) < 4.78 is 0. The highest BCUT2D eigenvalue weighted by atomic mass is 15.0. The van der Waals surface area contributed by atoms with Gasteiger partial charge in [0.15, 0.2) is 0 Å². The predicted molar refractivity (Wildman–Crippen MR) is 53.5 cm³/mol. The minimum atomic E-state index is -0.0425. The third kappa shape index (κ3) is 2.66. The third-order valence-corrected chi connectivity index (χ3v) is 1.68. The van der Waals surface area contributed by atoms with Gasteiger partial charge < -0.3 is 11.1 Å². The van der Waals surface area contributed by atoms with E-state index in [9.17, 15) is 0 Å². The molecule has 1 atom stereocenters. The molecule has 3 N–H and O–H groups in total. The first kappa shape index (κ1) is 9.92. The maximum Gasteiger partial charge on any atom is 0.129 e. The van der Waals surface area contributed by atoms with E-state index in [1.807, 2.05) is 26.8 Å². The first-order valence-electron chi connectivity index (χ1n) is 4.48. The van der Waals surface area contributed by atoms with Gasteiger partial charge in [-0.1, -0.05) is 0 Å². The van der Waals surface area contributed by atoms with Crippen LogP contribution in [0.4, 0.5) is 5.82 Å². The van der Waals surface area contributed by atoms with Gasteiger partial charge in [0.25, 0.3) is 0 Å². The maximum absolute atomic E-state index is 5.73. The Balaban J connectivity index is 2.96. The van der Waals surface area contributed by atoms with Gasteiger partial charge >= 0.3 is 0 Å². The first-order chi connectivity index (χ1) is 6.13. The molecule has 0 aliphatic heterocycles. The summed E-state index contributed by atoms with van der Waals surface area (Å²) in [5.41, 5.74) is 6.61. The second-order valence-electron chi connectivity index (χ2n) is 3.04. The molecule has 0 radical (unpaired) electrons. The summed E-state index contributed by atoms with van der Waals surface area (Å²) >= 11 is 0. The van der Waals surface area contributed by atoms with Crippen molar-refractivity contribution in [1.82, 2.24) is 9.97 Å². The van der Waals surface area contributed by atoms with E-state index in [1.165, 1.54) is 0 Å². The van der Waals surface area contributed by atoms with Crippen molar-refractivity contribution in [2.75, 3.05) is 11.9 Å². The van der Waals surface area contributed by atoms with E-state index >= 15 is 0 Å². The van der Waals surface area contributed by atoms with Crippen LogP contribution >= 0.6 is 0 Å². The van der Waals surface area contributed by atoms with E-state index in [0.29, 0.717) is 0 Å². The summed E-state index contributed by atoms with van der Waals surface area (Å²) in [4.78, 5) is 8.47. The highest BCUT2D eigenvalue weighted by Gasteiger charge is 2.04. The molecule has 1 heterocycles. The molecule has 1 aromatic rings. The molecule has 0 spiro atoms. The Morgan fingerprint density at radius 2 is 2.23 bits per heavy atom. The lowest BCUT2D eigenvalue weighted by Crippen LogP contribution is -2.11. The van der Waals surface area contributed by atoms with Crippen LogP contribution < -0.4 is 11.1 Å². The molecule has 1 rings (SSSR count). The van der Waals surface area contributed by atoms with Gasteiger partial charge in [0.1, 0.15) is 11.6 Å². The smallest absolute Gasteiger partial charge is 0.129 e. The third-order valence-electron chi connectivity index (χ3n) is 1.68. The van der Waals surface area contributed by atoms with Crippen LogP contribution in [0.25, 0.3) is 0 Å². The molecule has 4 nitrogen and oxygen atoms in total. The topological polar surface area (TPSA) is 63.8 Å². The van der Waals surface area contributed by atoms with Crippen LogP contribution in [0.15, 0.2) is 6.07 Å². The van der Waals surface area contributed by atoms with Gasteiger partial charge in [0.2, 0.25) is 0 Å². The van der Waals surface area contributed by atoms with Gasteiger partial charge in [-0.2, -0.15) is 0 Å². The molecule has 1 unspecified atom stereocenters. The molecule has 4 heteroatoms. The summed E-state index contributed by atoms with van der Waals surface area (Å²) in [6.07, 6.45) is 0. The standard InChI is InChI=1S/C9H16N4/c1-4-11-9-5-8(6(2)10)12-7(3)13-9/h5-6H,4,10H2,1-3H3,(H,11,12,13). The summed E-state index contributed by atoms with van der Waals surface area (Å²) in [6.45, 7) is 6.67. The van der Waals surface area contributed by atoms with Gasteiger partial charge in [-0.15, -0.1) is 0 Å². The van der Waals surface area contributed by atoms with E-state index in [-0.39, 0.29) is 6.04 Å². The zero-order chi connectivity index (χ0) is 9.84. The highest BCUT2D eigenvalue weighted by molar-refractivity contribution is 5.36. The summed E-state index contributed by atoms with van der Waals surface area (Å²) in [5.74, 6) is 1.60. The second kappa shape index (κ2) is 4.18. The number of nitrogens with one attached hydrogen (secondary N) is 1. The van der Waals surface area contributed by atoms with Crippen LogP contribution in [-0.4, -0.2) is 16.5 Å². The molecule has 0 amide bonds. The summed E-state index contributed by atoms with van der Waals surface area (Å²) in [7, 11) is 0. The Morgan fingerprint density at radius 1 is 1.54 bits per heavy atom. The van der Waals surface area contributed by atoms with Gasteiger partial charge in [0.05, 0.1) is 5.69 Å². The van der Waals surface area contributed by atoms with Gasteiger partial charge in [-0.3, -0.25) is 0 Å². The van der Waals surface area contributed by atoms with Crippen molar-refractivity contribution in [1.29, 1.82) is 0 Å². The Hall–Kier alpha value is -1.16. The SMILES string of the molecule is CCNc1cc(C(C)N)nc(C)n1. The van der Waals surface area contributed by atoms with Crippen LogP contribution in [0.2, 0.25) is 0 Å². The van der Waals surface area contributed by atoms with Crippen molar-refractivity contribution in [3.8, 4) is 0 Å². The van der Waals surface area contributed by atoms with E-state index in [0.717, 1.165) is 23.9 Å². The molecule has 1 aromatic heterocycles. The van der Waals surface area contributed by atoms with Gasteiger partial charge in [-0.25, -0.2) is 9.97 Å². The first-order valence-corrected chi connectivity index (χ1v) is 4.48. The zero-order valence-electron chi connectivity index (χ0n) is 8.33. The molecule has 0 bridgehead atoms. The Bertz CT molecular complexity index is 283. The minimum absolute atomic E-state index is 0.0425. The van der Waals surface area contributed by atoms with Crippen molar-refractivity contribution in [3.63, 3.8) is 0 Å². The molecule has 72 valence electrons. The van der Waals surface area contributed by atoms with Crippen molar-refractivity contribution in [2.45, 2.75) is 26.8 Å². The molecule has 0 aliphatic carbocycles. The monoisotopic (exact) mass is 180 g/mol. The Labute approximate surface area is 78.6 Å². The molecule has 0 saturated carbocycles. The van der Waals surface area contributed by atoms with Crippen LogP contribution in [0.3, 0.4) is 0 Å². The molecule has 0 saturated heterocycles. The maximum atomic E-state index is 5.73. The normalized spacial score (nSPS) is 12.6. The Kier molecular flexibility index (Phi) is 3.19. The number of anilines is 1. The van der Waals surface area contributed by atoms with Gasteiger partial charge in [-0.05, 0) is 20.8 Å². The van der Waals surface area contributed by atoms with Crippen molar-refractivity contribution >= 4 is 5.82 Å². The molecule has 13 heavy (non-hydrogen) atoms. The number of rotatable bonds is 3. The lowest BCUT2D eigenvalue weighted by atomic mass is 10.2. The fourth-order valence-electron chi connectivity index (χ4n) is 1.10. The van der Waals surface area contributed by atoms with E-state index in [1.54, 1.807) is 0 Å². The Morgan fingerprint density at radius 3 is 2.77 bits per heavy atom. The quantitative estimate of drug-likeness (QED) is 0.734. The van der Waals surface area contributed by atoms with E-state index in [2.05, 4.69) is 15.3 Å². The lowest BCUT2D eigenvalue weighted by molar-refractivity contribution is 0.766. The number of nitrogens with zero attached hydrogens (tertiary/aromatic N) is 2. The number of aromatic nitrogens is 2. The van der Waals surface area contributed by atoms with Crippen molar-refractivity contribution < 1.29 is 0 Å². The molecule has 0 fully saturated rings.